The Morgan fingerprint density at radius 2 is 1.65 bits per heavy atom. The van der Waals surface area contributed by atoms with Crippen LogP contribution in [0, 0.1) is 6.92 Å². The maximum Gasteiger partial charge on any atom is 0.295 e. The average molecular weight is 422 g/mol. The quantitative estimate of drug-likeness (QED) is 0.255. The van der Waals surface area contributed by atoms with E-state index in [1.165, 1.54) is 0 Å². The smallest absolute Gasteiger partial charge is 0.295 e. The highest BCUT2D eigenvalue weighted by Crippen LogP contribution is 2.39. The summed E-state index contributed by atoms with van der Waals surface area (Å²) in [6, 6.07) is 14.1. The van der Waals surface area contributed by atoms with Gasteiger partial charge in [0.25, 0.3) is 11.7 Å². The van der Waals surface area contributed by atoms with Gasteiger partial charge in [0, 0.05) is 12.1 Å². The molecule has 2 aromatic carbocycles. The Bertz CT molecular complexity index is 944. The van der Waals surface area contributed by atoms with Gasteiger partial charge in [-0.25, -0.2) is 0 Å². The predicted molar refractivity (Wildman–Crippen MR) is 122 cm³/mol. The number of benzene rings is 2. The summed E-state index contributed by atoms with van der Waals surface area (Å²) in [5.41, 5.74) is 2.50. The molecule has 1 fully saturated rings. The molecule has 31 heavy (non-hydrogen) atoms. The zero-order valence-electron chi connectivity index (χ0n) is 18.6. The van der Waals surface area contributed by atoms with Gasteiger partial charge in [0.2, 0.25) is 0 Å². The van der Waals surface area contributed by atoms with E-state index in [1.54, 1.807) is 17.0 Å². The van der Waals surface area contributed by atoms with Gasteiger partial charge in [0.1, 0.15) is 11.5 Å². The van der Waals surface area contributed by atoms with Gasteiger partial charge < -0.3 is 14.7 Å². The number of aryl methyl sites for hydroxylation is 1. The molecule has 164 valence electrons. The highest BCUT2D eigenvalue weighted by molar-refractivity contribution is 6.46. The van der Waals surface area contributed by atoms with E-state index in [-0.39, 0.29) is 11.3 Å². The minimum atomic E-state index is -0.642. The van der Waals surface area contributed by atoms with Crippen LogP contribution >= 0.6 is 0 Å². The van der Waals surface area contributed by atoms with Crippen molar-refractivity contribution in [1.82, 2.24) is 4.90 Å². The number of likely N-dealkylation sites (tertiary alicyclic amines) is 1. The topological polar surface area (TPSA) is 66.8 Å². The molecule has 0 bridgehead atoms. The Balaban J connectivity index is 1.96. The molecule has 0 aliphatic carbocycles. The number of ether oxygens (including phenoxy) is 1. The Labute approximate surface area is 184 Å². The van der Waals surface area contributed by atoms with Gasteiger partial charge in [0.05, 0.1) is 18.2 Å². The van der Waals surface area contributed by atoms with Crippen LogP contribution in [0.2, 0.25) is 0 Å². The zero-order chi connectivity index (χ0) is 22.4. The second kappa shape index (κ2) is 10.3. The van der Waals surface area contributed by atoms with Crippen molar-refractivity contribution in [3.05, 3.63) is 70.8 Å². The number of amides is 1. The van der Waals surface area contributed by atoms with E-state index < -0.39 is 17.7 Å². The summed E-state index contributed by atoms with van der Waals surface area (Å²) in [5.74, 6) is -0.593. The van der Waals surface area contributed by atoms with Gasteiger partial charge in [0.15, 0.2) is 0 Å². The van der Waals surface area contributed by atoms with Gasteiger partial charge in [-0.1, -0.05) is 68.7 Å². The second-order valence-corrected chi connectivity index (χ2v) is 7.98. The summed E-state index contributed by atoms with van der Waals surface area (Å²) >= 11 is 0. The Morgan fingerprint density at radius 1 is 0.968 bits per heavy atom. The van der Waals surface area contributed by atoms with Crippen LogP contribution in [0.3, 0.4) is 0 Å². The Kier molecular flexibility index (Phi) is 7.50. The normalized spacial score (nSPS) is 17.9. The molecule has 1 heterocycles. The van der Waals surface area contributed by atoms with Gasteiger partial charge in [-0.3, -0.25) is 9.59 Å². The van der Waals surface area contributed by atoms with Crippen LogP contribution < -0.4 is 4.74 Å². The largest absolute Gasteiger partial charge is 0.507 e. The molecule has 1 amide bonds. The SMILES string of the molecule is CCCCCOc1ccc(C2/C(=C(/O)c3ccc(C)cc3)C(=O)C(=O)N2CCC)cc1. The highest BCUT2D eigenvalue weighted by Gasteiger charge is 2.45. The maximum absolute atomic E-state index is 12.9. The molecule has 1 N–H and O–H groups in total. The minimum absolute atomic E-state index is 0.137. The van der Waals surface area contributed by atoms with E-state index in [2.05, 4.69) is 6.92 Å². The first-order chi connectivity index (χ1) is 15.0. The molecule has 5 nitrogen and oxygen atoms in total. The van der Waals surface area contributed by atoms with Crippen molar-refractivity contribution in [2.45, 2.75) is 52.5 Å². The lowest BCUT2D eigenvalue weighted by Gasteiger charge is -2.25. The minimum Gasteiger partial charge on any atom is -0.507 e. The Morgan fingerprint density at radius 3 is 2.26 bits per heavy atom. The molecule has 0 spiro atoms. The van der Waals surface area contributed by atoms with Crippen molar-refractivity contribution in [2.24, 2.45) is 0 Å². The molecule has 1 atom stereocenters. The fourth-order valence-electron chi connectivity index (χ4n) is 3.85. The van der Waals surface area contributed by atoms with Crippen LogP contribution in [0.5, 0.6) is 5.75 Å². The number of hydrogen-bond acceptors (Lipinski definition) is 4. The number of Topliss-reactive ketones (excluding diaryl/α,β-unsaturated/α-hetero) is 1. The van der Waals surface area contributed by atoms with Crippen molar-refractivity contribution in [1.29, 1.82) is 0 Å². The molecule has 1 unspecified atom stereocenters. The van der Waals surface area contributed by atoms with Crippen LogP contribution in [0.25, 0.3) is 5.76 Å². The summed E-state index contributed by atoms with van der Waals surface area (Å²) < 4.78 is 5.79. The third-order valence-corrected chi connectivity index (χ3v) is 5.54. The first-order valence-electron chi connectivity index (χ1n) is 11.1. The third-order valence-electron chi connectivity index (χ3n) is 5.54. The lowest BCUT2D eigenvalue weighted by atomic mass is 9.95. The number of aliphatic hydroxyl groups is 1. The van der Waals surface area contributed by atoms with E-state index in [0.29, 0.717) is 25.1 Å². The molecule has 0 saturated carbocycles. The van der Waals surface area contributed by atoms with Crippen molar-refractivity contribution < 1.29 is 19.4 Å². The number of hydrogen-bond donors (Lipinski definition) is 1. The lowest BCUT2D eigenvalue weighted by Crippen LogP contribution is -2.30. The summed E-state index contributed by atoms with van der Waals surface area (Å²) in [6.07, 6.45) is 3.99. The van der Waals surface area contributed by atoms with Crippen LogP contribution in [0.1, 0.15) is 62.3 Å². The third kappa shape index (κ3) is 4.98. The molecular weight excluding hydrogens is 390 g/mol. The number of aliphatic hydroxyl groups excluding tert-OH is 1. The van der Waals surface area contributed by atoms with E-state index in [0.717, 1.165) is 36.1 Å². The van der Waals surface area contributed by atoms with Gasteiger partial charge >= 0.3 is 0 Å². The van der Waals surface area contributed by atoms with Gasteiger partial charge in [-0.05, 0) is 37.5 Å². The molecule has 2 aromatic rings. The predicted octanol–water partition coefficient (Wildman–Crippen LogP) is 5.40. The number of carbonyl (C=O) groups excluding carboxylic acids is 2. The monoisotopic (exact) mass is 421 g/mol. The summed E-state index contributed by atoms with van der Waals surface area (Å²) in [5, 5.41) is 11.0. The molecule has 0 aromatic heterocycles. The van der Waals surface area contributed by atoms with Crippen molar-refractivity contribution in [3.8, 4) is 5.75 Å². The van der Waals surface area contributed by atoms with Gasteiger partial charge in [-0.2, -0.15) is 0 Å². The Hall–Kier alpha value is -3.08. The van der Waals surface area contributed by atoms with Gasteiger partial charge in [-0.15, -0.1) is 0 Å². The first kappa shape index (κ1) is 22.6. The van der Waals surface area contributed by atoms with E-state index in [9.17, 15) is 14.7 Å². The maximum atomic E-state index is 12.9. The fraction of sp³-hybridized carbons (Fsp3) is 0.385. The molecule has 1 aliphatic rings. The number of nitrogens with zero attached hydrogens (tertiary/aromatic N) is 1. The summed E-state index contributed by atoms with van der Waals surface area (Å²) in [6.45, 7) is 7.17. The average Bonchev–Trinajstić information content (AvgIpc) is 3.02. The van der Waals surface area contributed by atoms with Crippen LogP contribution in [0.4, 0.5) is 0 Å². The molecule has 0 radical (unpaired) electrons. The summed E-state index contributed by atoms with van der Waals surface area (Å²) in [4.78, 5) is 27.2. The van der Waals surface area contributed by atoms with Crippen molar-refractivity contribution >= 4 is 17.4 Å². The van der Waals surface area contributed by atoms with E-state index in [4.69, 9.17) is 4.74 Å². The van der Waals surface area contributed by atoms with Crippen LogP contribution in [0.15, 0.2) is 54.1 Å². The number of ketones is 1. The standard InChI is InChI=1S/C26H31NO4/c1-4-6-7-17-31-21-14-12-19(13-15-21)23-22(25(29)26(30)27(23)16-5-2)24(28)20-10-8-18(3)9-11-20/h8-15,23,28H,4-7,16-17H2,1-3H3/b24-22-. The molecule has 3 rings (SSSR count). The van der Waals surface area contributed by atoms with E-state index in [1.807, 2.05) is 50.2 Å². The van der Waals surface area contributed by atoms with E-state index >= 15 is 0 Å². The second-order valence-electron chi connectivity index (χ2n) is 7.98. The lowest BCUT2D eigenvalue weighted by molar-refractivity contribution is -0.139. The zero-order valence-corrected chi connectivity index (χ0v) is 18.6. The van der Waals surface area contributed by atoms with Crippen LogP contribution in [-0.2, 0) is 9.59 Å². The number of carbonyl (C=O) groups is 2. The highest BCUT2D eigenvalue weighted by atomic mass is 16.5. The molecular formula is C26H31NO4. The number of unbranched alkanes of at least 4 members (excludes halogenated alkanes) is 2. The van der Waals surface area contributed by atoms with Crippen molar-refractivity contribution in [3.63, 3.8) is 0 Å². The number of rotatable bonds is 9. The molecule has 1 aliphatic heterocycles. The van der Waals surface area contributed by atoms with Crippen LogP contribution in [-0.4, -0.2) is 34.8 Å². The first-order valence-corrected chi connectivity index (χ1v) is 11.1. The summed E-state index contributed by atoms with van der Waals surface area (Å²) in [7, 11) is 0. The molecule has 1 saturated heterocycles. The fourth-order valence-corrected chi connectivity index (χ4v) is 3.85. The molecule has 5 heteroatoms. The van der Waals surface area contributed by atoms with Crippen molar-refractivity contribution in [2.75, 3.05) is 13.2 Å².